The van der Waals surface area contributed by atoms with Crippen LogP contribution in [-0.2, 0) is 14.8 Å². The average molecular weight is 445 g/mol. The number of para-hydroxylation sites is 2. The molecule has 0 unspecified atom stereocenters. The van der Waals surface area contributed by atoms with E-state index >= 15 is 0 Å². The quantitative estimate of drug-likeness (QED) is 0.739. The molecule has 0 saturated heterocycles. The monoisotopic (exact) mass is 444 g/mol. The van der Waals surface area contributed by atoms with E-state index in [0.717, 1.165) is 10.6 Å². The molecule has 3 rings (SSSR count). The molecule has 0 radical (unpaired) electrons. The van der Waals surface area contributed by atoms with E-state index in [1.165, 1.54) is 18.2 Å². The Bertz CT molecular complexity index is 984. The van der Waals surface area contributed by atoms with Gasteiger partial charge in [-0.3, -0.25) is 9.10 Å². The van der Waals surface area contributed by atoms with Crippen molar-refractivity contribution in [3.8, 4) is 11.5 Å². The van der Waals surface area contributed by atoms with Gasteiger partial charge in [-0.1, -0.05) is 35.3 Å². The second kappa shape index (κ2) is 8.46. The number of ether oxygens (including phenoxy) is 2. The number of carbonyl (C=O) groups excluding carboxylic acids is 1. The van der Waals surface area contributed by atoms with Crippen LogP contribution in [0, 0.1) is 0 Å². The maximum absolute atomic E-state index is 12.4. The first-order valence-corrected chi connectivity index (χ1v) is 10.9. The molecule has 150 valence electrons. The summed E-state index contributed by atoms with van der Waals surface area (Å²) < 4.78 is 36.6. The van der Waals surface area contributed by atoms with Crippen LogP contribution in [0.1, 0.15) is 0 Å². The number of sulfonamides is 1. The van der Waals surface area contributed by atoms with Crippen molar-refractivity contribution in [3.05, 3.63) is 52.5 Å². The Balaban J connectivity index is 1.63. The van der Waals surface area contributed by atoms with E-state index in [2.05, 4.69) is 5.32 Å². The van der Waals surface area contributed by atoms with Crippen LogP contribution in [0.15, 0.2) is 42.5 Å². The molecule has 0 aromatic heterocycles. The first-order chi connectivity index (χ1) is 13.2. The van der Waals surface area contributed by atoms with Gasteiger partial charge in [0.1, 0.15) is 19.3 Å². The Morgan fingerprint density at radius 2 is 1.93 bits per heavy atom. The standard InChI is InChI=1S/C18H18Cl2N2O5S/c1-28(24,25)22(15-7-6-12(19)8-14(15)20)10-18(23)21-9-13-11-26-16-4-2-3-5-17(16)27-13/h2-8,13H,9-11H2,1H3,(H,21,23)/t13-/m1/s1. The Morgan fingerprint density at radius 3 is 2.61 bits per heavy atom. The maximum Gasteiger partial charge on any atom is 0.240 e. The molecule has 28 heavy (non-hydrogen) atoms. The topological polar surface area (TPSA) is 84.9 Å². The highest BCUT2D eigenvalue weighted by Gasteiger charge is 2.25. The lowest BCUT2D eigenvalue weighted by atomic mass is 10.2. The van der Waals surface area contributed by atoms with Gasteiger partial charge in [-0.15, -0.1) is 0 Å². The third-order valence-electron chi connectivity index (χ3n) is 3.96. The number of halogens is 2. The molecule has 1 atom stereocenters. The van der Waals surface area contributed by atoms with Crippen molar-refractivity contribution in [2.45, 2.75) is 6.10 Å². The summed E-state index contributed by atoms with van der Waals surface area (Å²) in [4.78, 5) is 12.4. The molecule has 10 heteroatoms. The number of anilines is 1. The van der Waals surface area contributed by atoms with Gasteiger partial charge in [-0.25, -0.2) is 8.42 Å². The van der Waals surface area contributed by atoms with Crippen molar-refractivity contribution in [1.82, 2.24) is 5.32 Å². The molecular formula is C18H18Cl2N2O5S. The summed E-state index contributed by atoms with van der Waals surface area (Å²) >= 11 is 12.0. The van der Waals surface area contributed by atoms with Gasteiger partial charge in [-0.05, 0) is 30.3 Å². The van der Waals surface area contributed by atoms with Crippen molar-refractivity contribution in [3.63, 3.8) is 0 Å². The van der Waals surface area contributed by atoms with Crippen molar-refractivity contribution in [1.29, 1.82) is 0 Å². The molecule has 1 aliphatic rings. The number of hydrogen-bond acceptors (Lipinski definition) is 5. The molecule has 1 heterocycles. The average Bonchev–Trinajstić information content (AvgIpc) is 2.64. The van der Waals surface area contributed by atoms with Gasteiger partial charge in [0.05, 0.1) is 23.5 Å². The van der Waals surface area contributed by atoms with Gasteiger partial charge in [0, 0.05) is 5.02 Å². The summed E-state index contributed by atoms with van der Waals surface area (Å²) in [5, 5.41) is 3.16. The van der Waals surface area contributed by atoms with Gasteiger partial charge in [-0.2, -0.15) is 0 Å². The Kier molecular flexibility index (Phi) is 6.22. The SMILES string of the molecule is CS(=O)(=O)N(CC(=O)NC[C@@H]1COc2ccccc2O1)c1ccc(Cl)cc1Cl. The minimum atomic E-state index is -3.74. The van der Waals surface area contributed by atoms with Gasteiger partial charge >= 0.3 is 0 Å². The summed E-state index contributed by atoms with van der Waals surface area (Å²) in [7, 11) is -3.74. The highest BCUT2D eigenvalue weighted by Crippen LogP contribution is 2.31. The summed E-state index contributed by atoms with van der Waals surface area (Å²) in [6.45, 7) is 0.0135. The molecule has 0 saturated carbocycles. The zero-order valence-corrected chi connectivity index (χ0v) is 17.2. The highest BCUT2D eigenvalue weighted by atomic mass is 35.5. The third kappa shape index (κ3) is 5.01. The smallest absolute Gasteiger partial charge is 0.240 e. The zero-order valence-electron chi connectivity index (χ0n) is 14.9. The third-order valence-corrected chi connectivity index (χ3v) is 5.62. The number of benzene rings is 2. The van der Waals surface area contributed by atoms with Gasteiger partial charge < -0.3 is 14.8 Å². The lowest BCUT2D eigenvalue weighted by molar-refractivity contribution is -0.120. The summed E-state index contributed by atoms with van der Waals surface area (Å²) in [5.74, 6) is 0.739. The number of nitrogens with one attached hydrogen (secondary N) is 1. The number of rotatable bonds is 6. The Morgan fingerprint density at radius 1 is 1.21 bits per heavy atom. The highest BCUT2D eigenvalue weighted by molar-refractivity contribution is 7.92. The summed E-state index contributed by atoms with van der Waals surface area (Å²) in [5.41, 5.74) is 0.176. The van der Waals surface area contributed by atoms with E-state index in [-0.39, 0.29) is 30.0 Å². The number of fused-ring (bicyclic) bond motifs is 1. The molecule has 1 N–H and O–H groups in total. The maximum atomic E-state index is 12.4. The number of amides is 1. The molecule has 0 bridgehead atoms. The molecule has 0 aliphatic carbocycles. The van der Waals surface area contributed by atoms with E-state index in [9.17, 15) is 13.2 Å². The molecule has 1 amide bonds. The zero-order chi connectivity index (χ0) is 20.3. The minimum Gasteiger partial charge on any atom is -0.486 e. The lowest BCUT2D eigenvalue weighted by Gasteiger charge is -2.27. The second-order valence-electron chi connectivity index (χ2n) is 6.17. The number of hydrogen-bond donors (Lipinski definition) is 1. The van der Waals surface area contributed by atoms with Crippen LogP contribution in [0.2, 0.25) is 10.0 Å². The lowest BCUT2D eigenvalue weighted by Crippen LogP contribution is -2.45. The van der Waals surface area contributed by atoms with Gasteiger partial charge in [0.15, 0.2) is 11.5 Å². The fourth-order valence-corrected chi connectivity index (χ4v) is 4.07. The minimum absolute atomic E-state index is 0.131. The Hall–Kier alpha value is -2.16. The van der Waals surface area contributed by atoms with Crippen molar-refractivity contribution in [2.24, 2.45) is 0 Å². The first kappa shape index (κ1) is 20.6. The van der Waals surface area contributed by atoms with Crippen LogP contribution in [-0.4, -0.2) is 46.4 Å². The normalized spacial score (nSPS) is 15.8. The molecule has 2 aromatic rings. The molecule has 1 aliphatic heterocycles. The fraction of sp³-hybridized carbons (Fsp3) is 0.278. The first-order valence-electron chi connectivity index (χ1n) is 8.32. The van der Waals surface area contributed by atoms with Crippen LogP contribution < -0.4 is 19.1 Å². The molecule has 0 fully saturated rings. The van der Waals surface area contributed by atoms with E-state index in [0.29, 0.717) is 16.5 Å². The number of carbonyl (C=O) groups is 1. The van der Waals surface area contributed by atoms with Crippen LogP contribution in [0.25, 0.3) is 0 Å². The fourth-order valence-electron chi connectivity index (χ4n) is 2.64. The summed E-state index contributed by atoms with van der Waals surface area (Å²) in [6, 6.07) is 11.6. The van der Waals surface area contributed by atoms with E-state index in [4.69, 9.17) is 32.7 Å². The largest absolute Gasteiger partial charge is 0.486 e. The van der Waals surface area contributed by atoms with Crippen LogP contribution in [0.4, 0.5) is 5.69 Å². The Labute approximate surface area is 173 Å². The predicted molar refractivity (Wildman–Crippen MR) is 108 cm³/mol. The second-order valence-corrected chi connectivity index (χ2v) is 8.92. The predicted octanol–water partition coefficient (Wildman–Crippen LogP) is 2.72. The van der Waals surface area contributed by atoms with E-state index < -0.39 is 22.5 Å². The van der Waals surface area contributed by atoms with E-state index in [1.54, 1.807) is 12.1 Å². The van der Waals surface area contributed by atoms with Crippen molar-refractivity contribution in [2.75, 3.05) is 30.3 Å². The van der Waals surface area contributed by atoms with Crippen molar-refractivity contribution < 1.29 is 22.7 Å². The number of nitrogens with zero attached hydrogens (tertiary/aromatic N) is 1. The van der Waals surface area contributed by atoms with Crippen LogP contribution in [0.5, 0.6) is 11.5 Å². The summed E-state index contributed by atoms with van der Waals surface area (Å²) in [6.07, 6.45) is 0.616. The van der Waals surface area contributed by atoms with Crippen LogP contribution >= 0.6 is 23.2 Å². The molecular weight excluding hydrogens is 427 g/mol. The van der Waals surface area contributed by atoms with Gasteiger partial charge in [0.2, 0.25) is 15.9 Å². The molecule has 0 spiro atoms. The molecule has 2 aromatic carbocycles. The van der Waals surface area contributed by atoms with Gasteiger partial charge in [0.25, 0.3) is 0 Å². The molecule has 7 nitrogen and oxygen atoms in total. The van der Waals surface area contributed by atoms with E-state index in [1.807, 2.05) is 12.1 Å². The van der Waals surface area contributed by atoms with Crippen LogP contribution in [0.3, 0.4) is 0 Å². The van der Waals surface area contributed by atoms with Crippen molar-refractivity contribution >= 4 is 44.8 Å².